The van der Waals surface area contributed by atoms with Crippen molar-refractivity contribution in [1.82, 2.24) is 0 Å². The van der Waals surface area contributed by atoms with Gasteiger partial charge in [-0.15, -0.1) is 0 Å². The third kappa shape index (κ3) is 1.87. The first-order chi connectivity index (χ1) is 10.4. The Balaban J connectivity index is 2.37. The predicted octanol–water partition coefficient (Wildman–Crippen LogP) is 3.76. The van der Waals surface area contributed by atoms with Crippen LogP contribution < -0.4 is 4.74 Å². The molecule has 0 aromatic heterocycles. The molecule has 1 atom stereocenters. The van der Waals surface area contributed by atoms with Crippen LogP contribution in [0.15, 0.2) is 18.2 Å². The van der Waals surface area contributed by atoms with Gasteiger partial charge in [0.15, 0.2) is 5.78 Å². The number of phenols is 2. The number of phenolic OH excluding ortho intramolecular Hbond substituents is 2. The number of aromatic hydroxyl groups is 2. The third-order valence-corrected chi connectivity index (χ3v) is 4.59. The predicted molar refractivity (Wildman–Crippen MR) is 83.5 cm³/mol. The van der Waals surface area contributed by atoms with Crippen molar-refractivity contribution in [1.29, 1.82) is 0 Å². The summed E-state index contributed by atoms with van der Waals surface area (Å²) in [5, 5.41) is 20.0. The SMILES string of the molecule is COc1cc(C)c2c(c1)[C@H](C)c1c(Cl)c(O)cc(O)c1C2=O. The van der Waals surface area contributed by atoms with E-state index in [4.69, 9.17) is 16.3 Å². The Morgan fingerprint density at radius 1 is 1.14 bits per heavy atom. The maximum atomic E-state index is 12.8. The van der Waals surface area contributed by atoms with E-state index in [0.717, 1.165) is 17.2 Å². The maximum Gasteiger partial charge on any atom is 0.197 e. The van der Waals surface area contributed by atoms with Crippen molar-refractivity contribution < 1.29 is 19.7 Å². The molecule has 5 heteroatoms. The fourth-order valence-electron chi connectivity index (χ4n) is 3.13. The molecule has 0 heterocycles. The molecule has 114 valence electrons. The van der Waals surface area contributed by atoms with Crippen LogP contribution in [0, 0.1) is 6.92 Å². The molecule has 2 aromatic rings. The molecule has 2 aromatic carbocycles. The molecule has 22 heavy (non-hydrogen) atoms. The quantitative estimate of drug-likeness (QED) is 0.840. The topological polar surface area (TPSA) is 66.8 Å². The fraction of sp³-hybridized carbons (Fsp3) is 0.235. The molecule has 0 amide bonds. The highest BCUT2D eigenvalue weighted by Gasteiger charge is 2.35. The number of hydrogen-bond donors (Lipinski definition) is 2. The van der Waals surface area contributed by atoms with E-state index in [2.05, 4.69) is 0 Å². The zero-order valence-electron chi connectivity index (χ0n) is 12.4. The van der Waals surface area contributed by atoms with Gasteiger partial charge in [-0.25, -0.2) is 0 Å². The summed E-state index contributed by atoms with van der Waals surface area (Å²) in [6.07, 6.45) is 0. The van der Waals surface area contributed by atoms with Gasteiger partial charge >= 0.3 is 0 Å². The number of benzene rings is 2. The summed E-state index contributed by atoms with van der Waals surface area (Å²) < 4.78 is 5.27. The van der Waals surface area contributed by atoms with Gasteiger partial charge in [0.2, 0.25) is 0 Å². The van der Waals surface area contributed by atoms with E-state index < -0.39 is 0 Å². The van der Waals surface area contributed by atoms with E-state index in [-0.39, 0.29) is 33.8 Å². The van der Waals surface area contributed by atoms with Crippen LogP contribution in [-0.4, -0.2) is 23.1 Å². The normalized spacial score (nSPS) is 16.2. The van der Waals surface area contributed by atoms with Gasteiger partial charge in [-0.05, 0) is 35.7 Å². The van der Waals surface area contributed by atoms with Crippen molar-refractivity contribution in [2.45, 2.75) is 19.8 Å². The lowest BCUT2D eigenvalue weighted by Crippen LogP contribution is -2.20. The van der Waals surface area contributed by atoms with Crippen LogP contribution in [0.1, 0.15) is 45.5 Å². The van der Waals surface area contributed by atoms with Crippen LogP contribution >= 0.6 is 11.6 Å². The van der Waals surface area contributed by atoms with E-state index in [0.29, 0.717) is 16.9 Å². The first-order valence-corrected chi connectivity index (χ1v) is 7.22. The molecular weight excluding hydrogens is 304 g/mol. The number of methoxy groups -OCH3 is 1. The molecule has 0 radical (unpaired) electrons. The first-order valence-electron chi connectivity index (χ1n) is 6.84. The molecule has 0 saturated carbocycles. The summed E-state index contributed by atoms with van der Waals surface area (Å²) in [5.74, 6) is -0.375. The number of fused-ring (bicyclic) bond motifs is 2. The molecule has 0 spiro atoms. The van der Waals surface area contributed by atoms with Crippen LogP contribution in [0.25, 0.3) is 0 Å². The number of aryl methyl sites for hydroxylation is 1. The molecule has 2 N–H and O–H groups in total. The van der Waals surface area contributed by atoms with Crippen molar-refractivity contribution in [3.8, 4) is 17.2 Å². The van der Waals surface area contributed by atoms with E-state index in [1.807, 2.05) is 13.8 Å². The van der Waals surface area contributed by atoms with Gasteiger partial charge in [0.25, 0.3) is 0 Å². The summed E-state index contributed by atoms with van der Waals surface area (Å²) in [4.78, 5) is 12.8. The number of hydrogen-bond acceptors (Lipinski definition) is 4. The molecule has 1 aliphatic carbocycles. The van der Waals surface area contributed by atoms with Crippen LogP contribution in [-0.2, 0) is 0 Å². The second-order valence-corrected chi connectivity index (χ2v) is 5.85. The van der Waals surface area contributed by atoms with Gasteiger partial charge in [-0.1, -0.05) is 18.5 Å². The zero-order valence-corrected chi connectivity index (χ0v) is 13.2. The van der Waals surface area contributed by atoms with Crippen LogP contribution in [0.2, 0.25) is 5.02 Å². The second-order valence-electron chi connectivity index (χ2n) is 5.48. The van der Waals surface area contributed by atoms with Crippen LogP contribution in [0.5, 0.6) is 17.2 Å². The Kier molecular flexibility index (Phi) is 3.29. The second kappa shape index (κ2) is 4.92. The summed E-state index contributed by atoms with van der Waals surface area (Å²) in [6, 6.07) is 4.69. The smallest absolute Gasteiger partial charge is 0.197 e. The molecule has 3 rings (SSSR count). The average Bonchev–Trinajstić information content (AvgIpc) is 2.47. The Hall–Kier alpha value is -2.20. The summed E-state index contributed by atoms with van der Waals surface area (Å²) in [6.45, 7) is 3.71. The van der Waals surface area contributed by atoms with Gasteiger partial charge in [0.1, 0.15) is 17.2 Å². The molecule has 0 fully saturated rings. The molecular formula is C17H15ClO4. The molecule has 0 saturated heterocycles. The molecule has 0 aliphatic heterocycles. The molecule has 0 bridgehead atoms. The van der Waals surface area contributed by atoms with Crippen molar-refractivity contribution >= 4 is 17.4 Å². The Bertz CT molecular complexity index is 811. The minimum absolute atomic E-state index is 0.0970. The van der Waals surface area contributed by atoms with Gasteiger partial charge in [-0.3, -0.25) is 4.79 Å². The zero-order chi connectivity index (χ0) is 16.2. The van der Waals surface area contributed by atoms with E-state index >= 15 is 0 Å². The Morgan fingerprint density at radius 3 is 2.45 bits per heavy atom. The highest BCUT2D eigenvalue weighted by atomic mass is 35.5. The summed E-state index contributed by atoms with van der Waals surface area (Å²) in [5.41, 5.74) is 2.72. The van der Waals surface area contributed by atoms with Crippen LogP contribution in [0.3, 0.4) is 0 Å². The van der Waals surface area contributed by atoms with Gasteiger partial charge in [-0.2, -0.15) is 0 Å². The minimum atomic E-state index is -0.289. The molecule has 1 aliphatic rings. The lowest BCUT2D eigenvalue weighted by molar-refractivity contribution is 0.103. The highest BCUT2D eigenvalue weighted by Crippen LogP contribution is 2.48. The van der Waals surface area contributed by atoms with Crippen molar-refractivity contribution in [2.75, 3.05) is 7.11 Å². The molecule has 4 nitrogen and oxygen atoms in total. The number of rotatable bonds is 1. The monoisotopic (exact) mass is 318 g/mol. The standard InChI is InChI=1S/C17H15ClO4/c1-7-4-9(22-3)5-10-8(2)14-15(17(21)13(7)10)11(19)6-12(20)16(14)18/h4-6,8,19-20H,1-3H3/t8-/m0/s1. The third-order valence-electron chi connectivity index (χ3n) is 4.19. The van der Waals surface area contributed by atoms with Crippen molar-refractivity contribution in [3.05, 3.63) is 51.0 Å². The average molecular weight is 319 g/mol. The van der Waals surface area contributed by atoms with Crippen molar-refractivity contribution in [3.63, 3.8) is 0 Å². The maximum absolute atomic E-state index is 12.8. The van der Waals surface area contributed by atoms with Gasteiger partial charge in [0.05, 0.1) is 17.7 Å². The van der Waals surface area contributed by atoms with Gasteiger partial charge < -0.3 is 14.9 Å². The number of carbonyl (C=O) groups is 1. The largest absolute Gasteiger partial charge is 0.507 e. The summed E-state index contributed by atoms with van der Waals surface area (Å²) >= 11 is 6.18. The highest BCUT2D eigenvalue weighted by molar-refractivity contribution is 6.34. The van der Waals surface area contributed by atoms with E-state index in [1.54, 1.807) is 19.2 Å². The Morgan fingerprint density at radius 2 is 1.82 bits per heavy atom. The first kappa shape index (κ1) is 14.7. The Labute approximate surface area is 132 Å². The minimum Gasteiger partial charge on any atom is -0.507 e. The lowest BCUT2D eigenvalue weighted by Gasteiger charge is -2.28. The number of ketones is 1. The lowest BCUT2D eigenvalue weighted by atomic mass is 9.76. The van der Waals surface area contributed by atoms with Crippen LogP contribution in [0.4, 0.5) is 0 Å². The van der Waals surface area contributed by atoms with Crippen molar-refractivity contribution in [2.24, 2.45) is 0 Å². The number of halogens is 1. The molecule has 0 unspecified atom stereocenters. The number of ether oxygens (including phenoxy) is 1. The fourth-order valence-corrected chi connectivity index (χ4v) is 3.44. The number of carbonyl (C=O) groups excluding carboxylic acids is 1. The van der Waals surface area contributed by atoms with Gasteiger partial charge in [0, 0.05) is 17.5 Å². The van der Waals surface area contributed by atoms with E-state index in [1.165, 1.54) is 0 Å². The summed E-state index contributed by atoms with van der Waals surface area (Å²) in [7, 11) is 1.56. The van der Waals surface area contributed by atoms with E-state index in [9.17, 15) is 15.0 Å².